The van der Waals surface area contributed by atoms with E-state index in [0.29, 0.717) is 0 Å². The molecule has 0 aliphatic carbocycles. The van der Waals surface area contributed by atoms with Crippen molar-refractivity contribution in [2.45, 2.75) is 46.5 Å². The van der Waals surface area contributed by atoms with Crippen molar-refractivity contribution in [1.82, 2.24) is 4.90 Å². The molecule has 1 aliphatic rings. The van der Waals surface area contributed by atoms with Gasteiger partial charge in [0.2, 0.25) is 0 Å². The number of nitrogens with zero attached hydrogens (tertiary/aromatic N) is 1. The van der Waals surface area contributed by atoms with Crippen molar-refractivity contribution in [2.24, 2.45) is 5.41 Å². The van der Waals surface area contributed by atoms with E-state index >= 15 is 0 Å². The molecule has 1 N–H and O–H groups in total. The molecule has 0 aromatic carbocycles. The van der Waals surface area contributed by atoms with E-state index in [2.05, 4.69) is 25.7 Å². The van der Waals surface area contributed by atoms with Crippen LogP contribution in [0.25, 0.3) is 0 Å². The summed E-state index contributed by atoms with van der Waals surface area (Å²) in [7, 11) is 0. The summed E-state index contributed by atoms with van der Waals surface area (Å²) in [6.45, 7) is 8.56. The summed E-state index contributed by atoms with van der Waals surface area (Å²) >= 11 is 0. The predicted octanol–water partition coefficient (Wildman–Crippen LogP) is 2.89. The van der Waals surface area contributed by atoms with Gasteiger partial charge in [0.15, 0.2) is 0 Å². The van der Waals surface area contributed by atoms with Crippen molar-refractivity contribution in [2.75, 3.05) is 13.1 Å². The maximum absolute atomic E-state index is 8.06. The van der Waals surface area contributed by atoms with Crippen molar-refractivity contribution < 1.29 is 0 Å². The van der Waals surface area contributed by atoms with Gasteiger partial charge in [-0.2, -0.15) is 0 Å². The Bertz CT molecular complexity index is 171. The van der Waals surface area contributed by atoms with Gasteiger partial charge in [-0.05, 0) is 12.8 Å². The van der Waals surface area contributed by atoms with Gasteiger partial charge in [0, 0.05) is 18.5 Å². The van der Waals surface area contributed by atoms with Crippen LogP contribution in [0.15, 0.2) is 0 Å². The Morgan fingerprint density at radius 1 is 1.00 bits per heavy atom. The molecule has 0 amide bonds. The van der Waals surface area contributed by atoms with E-state index in [-0.39, 0.29) is 5.41 Å². The molecule has 1 fully saturated rings. The summed E-state index contributed by atoms with van der Waals surface area (Å²) in [5.41, 5.74) is 0.0182. The van der Waals surface area contributed by atoms with Crippen molar-refractivity contribution in [1.29, 1.82) is 5.41 Å². The molecule has 0 atom stereocenters. The third-order valence-corrected chi connectivity index (χ3v) is 2.63. The Balaban J connectivity index is 2.54. The third-order valence-electron chi connectivity index (χ3n) is 2.63. The summed E-state index contributed by atoms with van der Waals surface area (Å²) in [6.07, 6.45) is 5.21. The minimum absolute atomic E-state index is 0.0182. The van der Waals surface area contributed by atoms with E-state index in [1.54, 1.807) is 0 Å². The second-order valence-electron chi connectivity index (χ2n) is 5.00. The van der Waals surface area contributed by atoms with Crippen LogP contribution in [0.5, 0.6) is 0 Å². The molecule has 0 aromatic heterocycles. The van der Waals surface area contributed by atoms with Crippen LogP contribution in [0.1, 0.15) is 46.5 Å². The van der Waals surface area contributed by atoms with Crippen molar-refractivity contribution in [3.63, 3.8) is 0 Å². The molecule has 0 radical (unpaired) electrons. The van der Waals surface area contributed by atoms with Crippen LogP contribution in [0.4, 0.5) is 0 Å². The maximum Gasteiger partial charge on any atom is 0.101 e. The monoisotopic (exact) mass is 182 g/mol. The van der Waals surface area contributed by atoms with Crippen LogP contribution in [-0.2, 0) is 0 Å². The molecule has 1 heterocycles. The van der Waals surface area contributed by atoms with Crippen molar-refractivity contribution in [3.05, 3.63) is 0 Å². The molecule has 0 spiro atoms. The van der Waals surface area contributed by atoms with Crippen LogP contribution in [-0.4, -0.2) is 23.8 Å². The van der Waals surface area contributed by atoms with Gasteiger partial charge in [-0.25, -0.2) is 0 Å². The van der Waals surface area contributed by atoms with Gasteiger partial charge in [0.25, 0.3) is 0 Å². The topological polar surface area (TPSA) is 27.1 Å². The van der Waals surface area contributed by atoms with Gasteiger partial charge in [-0.15, -0.1) is 0 Å². The summed E-state index contributed by atoms with van der Waals surface area (Å²) in [6, 6.07) is 0. The fraction of sp³-hybridized carbons (Fsp3) is 0.909. The average molecular weight is 182 g/mol. The van der Waals surface area contributed by atoms with Gasteiger partial charge in [0.05, 0.1) is 0 Å². The highest BCUT2D eigenvalue weighted by Crippen LogP contribution is 2.20. The molecule has 13 heavy (non-hydrogen) atoms. The lowest BCUT2D eigenvalue weighted by molar-refractivity contribution is 0.377. The Labute approximate surface area is 81.8 Å². The SMILES string of the molecule is CC(C)(C)C(=N)N1CCCCCC1. The quantitative estimate of drug-likeness (QED) is 0.452. The Kier molecular flexibility index (Phi) is 3.34. The second kappa shape index (κ2) is 4.12. The van der Waals surface area contributed by atoms with E-state index in [4.69, 9.17) is 5.41 Å². The number of rotatable bonds is 0. The summed E-state index contributed by atoms with van der Waals surface area (Å²) in [4.78, 5) is 2.26. The van der Waals surface area contributed by atoms with E-state index in [1.807, 2.05) is 0 Å². The molecule has 76 valence electrons. The Morgan fingerprint density at radius 2 is 1.46 bits per heavy atom. The first-order valence-corrected chi connectivity index (χ1v) is 5.36. The van der Waals surface area contributed by atoms with E-state index in [9.17, 15) is 0 Å². The zero-order valence-corrected chi connectivity index (χ0v) is 9.19. The fourth-order valence-electron chi connectivity index (χ4n) is 1.77. The van der Waals surface area contributed by atoms with Gasteiger partial charge in [0.1, 0.15) is 5.84 Å². The zero-order valence-electron chi connectivity index (χ0n) is 9.19. The van der Waals surface area contributed by atoms with Crippen LogP contribution in [0.2, 0.25) is 0 Å². The van der Waals surface area contributed by atoms with Gasteiger partial charge < -0.3 is 4.90 Å². The first kappa shape index (κ1) is 10.6. The molecule has 0 bridgehead atoms. The lowest BCUT2D eigenvalue weighted by atomic mass is 9.94. The summed E-state index contributed by atoms with van der Waals surface area (Å²) < 4.78 is 0. The van der Waals surface area contributed by atoms with E-state index < -0.39 is 0 Å². The molecule has 0 aromatic rings. The Hall–Kier alpha value is -0.530. The minimum atomic E-state index is 0.0182. The standard InChI is InChI=1S/C11H22N2/c1-11(2,3)10(12)13-8-6-4-5-7-9-13/h12H,4-9H2,1-3H3. The lowest BCUT2D eigenvalue weighted by Crippen LogP contribution is -2.39. The average Bonchev–Trinajstić information content (AvgIpc) is 2.28. The molecule has 2 heteroatoms. The number of nitrogens with one attached hydrogen (secondary N) is 1. The number of hydrogen-bond donors (Lipinski definition) is 1. The van der Waals surface area contributed by atoms with Crippen LogP contribution in [0, 0.1) is 10.8 Å². The first-order chi connectivity index (χ1) is 6.02. The van der Waals surface area contributed by atoms with Crippen molar-refractivity contribution >= 4 is 5.84 Å². The molecular formula is C11H22N2. The smallest absolute Gasteiger partial charge is 0.101 e. The summed E-state index contributed by atoms with van der Waals surface area (Å²) in [5, 5.41) is 8.06. The van der Waals surface area contributed by atoms with Crippen molar-refractivity contribution in [3.8, 4) is 0 Å². The van der Waals surface area contributed by atoms with Crippen LogP contribution >= 0.6 is 0 Å². The molecule has 1 saturated heterocycles. The molecule has 0 saturated carbocycles. The van der Waals surface area contributed by atoms with Gasteiger partial charge >= 0.3 is 0 Å². The van der Waals surface area contributed by atoms with Crippen LogP contribution in [0.3, 0.4) is 0 Å². The van der Waals surface area contributed by atoms with Crippen LogP contribution < -0.4 is 0 Å². The molecular weight excluding hydrogens is 160 g/mol. The number of likely N-dealkylation sites (tertiary alicyclic amines) is 1. The highest BCUT2D eigenvalue weighted by Gasteiger charge is 2.23. The lowest BCUT2D eigenvalue weighted by Gasteiger charge is -2.31. The molecule has 2 nitrogen and oxygen atoms in total. The molecule has 1 aliphatic heterocycles. The maximum atomic E-state index is 8.06. The number of amidine groups is 1. The van der Waals surface area contributed by atoms with E-state index in [0.717, 1.165) is 18.9 Å². The molecule has 0 unspecified atom stereocenters. The van der Waals surface area contributed by atoms with E-state index in [1.165, 1.54) is 25.7 Å². The Morgan fingerprint density at radius 3 is 1.85 bits per heavy atom. The minimum Gasteiger partial charge on any atom is -0.360 e. The molecule has 1 rings (SSSR count). The highest BCUT2D eigenvalue weighted by atomic mass is 15.2. The second-order valence-corrected chi connectivity index (χ2v) is 5.00. The summed E-state index contributed by atoms with van der Waals surface area (Å²) in [5.74, 6) is 0.814. The zero-order chi connectivity index (χ0) is 9.90. The first-order valence-electron chi connectivity index (χ1n) is 5.36. The van der Waals surface area contributed by atoms with Gasteiger partial charge in [-0.3, -0.25) is 5.41 Å². The third kappa shape index (κ3) is 3.02. The highest BCUT2D eigenvalue weighted by molar-refractivity contribution is 5.84. The van der Waals surface area contributed by atoms with Gasteiger partial charge in [-0.1, -0.05) is 33.6 Å². The normalized spacial score (nSPS) is 19.8. The predicted molar refractivity (Wildman–Crippen MR) is 57.2 cm³/mol. The number of hydrogen-bond acceptors (Lipinski definition) is 1. The largest absolute Gasteiger partial charge is 0.360 e. The fourth-order valence-corrected chi connectivity index (χ4v) is 1.77.